The fourth-order valence-electron chi connectivity index (χ4n) is 1.27. The molecule has 2 nitrogen and oxygen atoms in total. The van der Waals surface area contributed by atoms with Crippen molar-refractivity contribution in [1.29, 1.82) is 0 Å². The van der Waals surface area contributed by atoms with Crippen LogP contribution in [0.3, 0.4) is 0 Å². The molecule has 0 heterocycles. The number of rotatable bonds is 3. The van der Waals surface area contributed by atoms with Crippen molar-refractivity contribution in [2.75, 3.05) is 0 Å². The summed E-state index contributed by atoms with van der Waals surface area (Å²) in [5, 5.41) is 3.20. The van der Waals surface area contributed by atoms with E-state index >= 15 is 0 Å². The summed E-state index contributed by atoms with van der Waals surface area (Å²) in [7, 11) is -1.50. The summed E-state index contributed by atoms with van der Waals surface area (Å²) in [4.78, 5) is 10.5. The lowest BCUT2D eigenvalue weighted by Crippen LogP contribution is -2.63. The first-order chi connectivity index (χ1) is 5.56. The second-order valence-corrected chi connectivity index (χ2v) is 11.8. The van der Waals surface area contributed by atoms with Crippen molar-refractivity contribution in [3.05, 3.63) is 0 Å². The Labute approximate surface area is 83.1 Å². The van der Waals surface area contributed by atoms with Crippen molar-refractivity contribution in [2.24, 2.45) is 0 Å². The van der Waals surface area contributed by atoms with Gasteiger partial charge in [-0.2, -0.15) is 0 Å². The molecule has 0 bridgehead atoms. The van der Waals surface area contributed by atoms with Gasteiger partial charge in [0.2, 0.25) is 6.41 Å². The monoisotopic (exact) mass is 201 g/mol. The molecule has 0 aromatic rings. The van der Waals surface area contributed by atoms with E-state index in [1.165, 1.54) is 0 Å². The van der Waals surface area contributed by atoms with Crippen LogP contribution in [-0.2, 0) is 4.79 Å². The van der Waals surface area contributed by atoms with Crippen LogP contribution < -0.4 is 5.32 Å². The maximum absolute atomic E-state index is 10.5. The molecule has 0 saturated carbocycles. The summed E-state index contributed by atoms with van der Waals surface area (Å²) in [6.07, 6.45) is 0.820. The van der Waals surface area contributed by atoms with Gasteiger partial charge in [-0.15, -0.1) is 0 Å². The summed E-state index contributed by atoms with van der Waals surface area (Å²) in [5.41, 5.74) is 0. The van der Waals surface area contributed by atoms with Crippen molar-refractivity contribution in [3.8, 4) is 0 Å². The van der Waals surface area contributed by atoms with Crippen molar-refractivity contribution in [1.82, 2.24) is 5.32 Å². The van der Waals surface area contributed by atoms with Crippen molar-refractivity contribution >= 4 is 14.5 Å². The zero-order valence-electron chi connectivity index (χ0n) is 9.99. The third kappa shape index (κ3) is 2.33. The van der Waals surface area contributed by atoms with Crippen molar-refractivity contribution < 1.29 is 4.79 Å². The van der Waals surface area contributed by atoms with Gasteiger partial charge in [0.25, 0.3) is 0 Å². The second kappa shape index (κ2) is 3.44. The summed E-state index contributed by atoms with van der Waals surface area (Å²) < 4.78 is 0. The second-order valence-electron chi connectivity index (χ2n) is 5.76. The normalized spacial score (nSPS) is 14.1. The predicted octanol–water partition coefficient (Wildman–Crippen LogP) is 2.56. The lowest BCUT2D eigenvalue weighted by atomic mass is 10.2. The quantitative estimate of drug-likeness (QED) is 0.552. The fourth-order valence-corrected chi connectivity index (χ4v) is 3.56. The average molecular weight is 201 g/mol. The van der Waals surface area contributed by atoms with E-state index in [2.05, 4.69) is 53.0 Å². The molecule has 0 atom stereocenters. The molecule has 78 valence electrons. The highest BCUT2D eigenvalue weighted by atomic mass is 28.3. The number of hydrogen-bond acceptors (Lipinski definition) is 1. The number of nitrogens with one attached hydrogen (secondary N) is 1. The molecule has 0 aromatic heterocycles. The van der Waals surface area contributed by atoms with E-state index in [0.29, 0.717) is 5.04 Å². The van der Waals surface area contributed by atoms with E-state index in [4.69, 9.17) is 0 Å². The predicted molar refractivity (Wildman–Crippen MR) is 60.5 cm³/mol. The maximum Gasteiger partial charge on any atom is 0.207 e. The van der Waals surface area contributed by atoms with Crippen LogP contribution in [-0.4, -0.2) is 19.6 Å². The average Bonchev–Trinajstić information content (AvgIpc) is 1.84. The highest BCUT2D eigenvalue weighted by molar-refractivity contribution is 6.83. The lowest BCUT2D eigenvalue weighted by Gasteiger charge is -2.48. The molecule has 0 aliphatic carbocycles. The first kappa shape index (κ1) is 12.7. The van der Waals surface area contributed by atoms with E-state index in [1.807, 2.05) is 0 Å². The SMILES string of the molecule is CC(C)(C)[Si](C)(C)C(C)(C)NC=O. The molecule has 0 aliphatic rings. The molecule has 3 heteroatoms. The number of carbonyl (C=O) groups excluding carboxylic acids is 1. The number of amides is 1. The minimum Gasteiger partial charge on any atom is -0.356 e. The summed E-state index contributed by atoms with van der Waals surface area (Å²) >= 11 is 0. The minimum atomic E-state index is -1.50. The molecule has 0 radical (unpaired) electrons. The zero-order chi connectivity index (χ0) is 10.9. The zero-order valence-corrected chi connectivity index (χ0v) is 11.0. The molecule has 0 unspecified atom stereocenters. The van der Waals surface area contributed by atoms with Crippen molar-refractivity contribution in [3.63, 3.8) is 0 Å². The minimum absolute atomic E-state index is 0.0486. The van der Waals surface area contributed by atoms with Gasteiger partial charge in [-0.1, -0.05) is 33.9 Å². The van der Waals surface area contributed by atoms with Crippen LogP contribution in [0.2, 0.25) is 18.1 Å². The first-order valence-corrected chi connectivity index (χ1v) is 7.77. The summed E-state index contributed by atoms with van der Waals surface area (Å²) in [6, 6.07) is 0. The number of carbonyl (C=O) groups is 1. The van der Waals surface area contributed by atoms with E-state index < -0.39 is 8.07 Å². The van der Waals surface area contributed by atoms with Gasteiger partial charge in [0, 0.05) is 5.16 Å². The molecule has 1 amide bonds. The van der Waals surface area contributed by atoms with Gasteiger partial charge in [0.1, 0.15) is 0 Å². The van der Waals surface area contributed by atoms with Gasteiger partial charge in [-0.25, -0.2) is 0 Å². The highest BCUT2D eigenvalue weighted by Crippen LogP contribution is 2.42. The van der Waals surface area contributed by atoms with Gasteiger partial charge in [-0.3, -0.25) is 4.79 Å². The molecule has 0 saturated heterocycles. The summed E-state index contributed by atoms with van der Waals surface area (Å²) in [5.74, 6) is 0. The van der Waals surface area contributed by atoms with Gasteiger partial charge < -0.3 is 5.32 Å². The van der Waals surface area contributed by atoms with E-state index in [0.717, 1.165) is 6.41 Å². The Morgan fingerprint density at radius 1 is 1.08 bits per heavy atom. The Hall–Kier alpha value is -0.313. The summed E-state index contributed by atoms with van der Waals surface area (Å²) in [6.45, 7) is 15.7. The molecule has 0 fully saturated rings. The largest absolute Gasteiger partial charge is 0.356 e. The third-order valence-corrected chi connectivity index (χ3v) is 10.9. The lowest BCUT2D eigenvalue weighted by molar-refractivity contribution is -0.110. The smallest absolute Gasteiger partial charge is 0.207 e. The highest BCUT2D eigenvalue weighted by Gasteiger charge is 2.47. The first-order valence-electron chi connectivity index (χ1n) is 4.77. The van der Waals surface area contributed by atoms with Crippen LogP contribution in [0.1, 0.15) is 34.6 Å². The molecule has 0 spiro atoms. The van der Waals surface area contributed by atoms with Crippen LogP contribution in [0.5, 0.6) is 0 Å². The van der Waals surface area contributed by atoms with Crippen LogP contribution >= 0.6 is 0 Å². The Morgan fingerprint density at radius 2 is 1.46 bits per heavy atom. The van der Waals surface area contributed by atoms with Crippen LogP contribution in [0.15, 0.2) is 0 Å². The Kier molecular flexibility index (Phi) is 3.36. The molecule has 0 aromatic carbocycles. The van der Waals surface area contributed by atoms with E-state index in [1.54, 1.807) is 0 Å². The Morgan fingerprint density at radius 3 is 1.69 bits per heavy atom. The van der Waals surface area contributed by atoms with Crippen LogP contribution in [0.25, 0.3) is 0 Å². The standard InChI is InChI=1S/C10H23NOSi/c1-9(2,3)13(6,7)10(4,5)11-8-12/h8H,1-7H3,(H,11,12). The molecule has 1 N–H and O–H groups in total. The van der Waals surface area contributed by atoms with Gasteiger partial charge in [0.05, 0.1) is 8.07 Å². The van der Waals surface area contributed by atoms with Crippen LogP contribution in [0, 0.1) is 0 Å². The van der Waals surface area contributed by atoms with Gasteiger partial charge >= 0.3 is 0 Å². The van der Waals surface area contributed by atoms with Crippen molar-refractivity contribution in [2.45, 2.75) is 57.9 Å². The maximum atomic E-state index is 10.5. The molecular formula is C10H23NOSi. The number of hydrogen-bond donors (Lipinski definition) is 1. The van der Waals surface area contributed by atoms with Crippen LogP contribution in [0.4, 0.5) is 0 Å². The molecule has 0 aliphatic heterocycles. The van der Waals surface area contributed by atoms with E-state index in [9.17, 15) is 4.79 Å². The fraction of sp³-hybridized carbons (Fsp3) is 0.900. The molecule has 0 rings (SSSR count). The topological polar surface area (TPSA) is 29.1 Å². The molecule has 13 heavy (non-hydrogen) atoms. The third-order valence-electron chi connectivity index (χ3n) is 3.86. The van der Waals surface area contributed by atoms with Gasteiger partial charge in [-0.05, 0) is 18.9 Å². The Balaban J connectivity index is 4.91. The van der Waals surface area contributed by atoms with Gasteiger partial charge in [0.15, 0.2) is 0 Å². The Bertz CT molecular complexity index is 192. The van der Waals surface area contributed by atoms with E-state index in [-0.39, 0.29) is 5.16 Å². The molecular weight excluding hydrogens is 178 g/mol.